The first-order chi connectivity index (χ1) is 6.56. The molecule has 1 aromatic carbocycles. The first-order valence-corrected chi connectivity index (χ1v) is 5.09. The van der Waals surface area contributed by atoms with Gasteiger partial charge in [-0.05, 0) is 31.5 Å². The van der Waals surface area contributed by atoms with Crippen molar-refractivity contribution in [3.05, 3.63) is 33.5 Å². The van der Waals surface area contributed by atoms with Crippen molar-refractivity contribution in [3.8, 4) is 0 Å². The van der Waals surface area contributed by atoms with E-state index in [-0.39, 0.29) is 11.7 Å². The summed E-state index contributed by atoms with van der Waals surface area (Å²) >= 11 is 3.20. The molecule has 0 atom stereocenters. The van der Waals surface area contributed by atoms with Crippen molar-refractivity contribution in [3.63, 3.8) is 0 Å². The van der Waals surface area contributed by atoms with Gasteiger partial charge in [-0.25, -0.2) is 4.39 Å². The summed E-state index contributed by atoms with van der Waals surface area (Å²) in [4.78, 5) is 11.4. The Morgan fingerprint density at radius 2 is 2.21 bits per heavy atom. The highest BCUT2D eigenvalue weighted by molar-refractivity contribution is 9.10. The summed E-state index contributed by atoms with van der Waals surface area (Å²) in [5.41, 5.74) is 0.847. The Hall–Kier alpha value is -0.900. The Labute approximate surface area is 90.6 Å². The fourth-order valence-corrected chi connectivity index (χ4v) is 1.48. The average molecular weight is 260 g/mol. The maximum Gasteiger partial charge on any atom is 0.251 e. The predicted molar refractivity (Wildman–Crippen MR) is 56.8 cm³/mol. The molecule has 4 heteroatoms. The molecule has 0 saturated heterocycles. The van der Waals surface area contributed by atoms with E-state index in [9.17, 15) is 9.18 Å². The lowest BCUT2D eigenvalue weighted by molar-refractivity contribution is 0.0955. The Morgan fingerprint density at radius 3 is 2.71 bits per heavy atom. The van der Waals surface area contributed by atoms with Gasteiger partial charge >= 0.3 is 0 Å². The van der Waals surface area contributed by atoms with E-state index in [1.165, 1.54) is 6.07 Å². The lowest BCUT2D eigenvalue weighted by Crippen LogP contribution is -2.22. The summed E-state index contributed by atoms with van der Waals surface area (Å²) in [6, 6.07) is 2.86. The van der Waals surface area contributed by atoms with Crippen molar-refractivity contribution in [2.45, 2.75) is 13.8 Å². The van der Waals surface area contributed by atoms with E-state index in [0.29, 0.717) is 22.1 Å². The van der Waals surface area contributed by atoms with E-state index < -0.39 is 0 Å². The summed E-state index contributed by atoms with van der Waals surface area (Å²) in [6.07, 6.45) is 0. The second-order valence-corrected chi connectivity index (χ2v) is 3.78. The minimum absolute atomic E-state index is 0.257. The highest BCUT2D eigenvalue weighted by Gasteiger charge is 2.09. The van der Waals surface area contributed by atoms with Gasteiger partial charge in [-0.2, -0.15) is 0 Å². The van der Waals surface area contributed by atoms with Gasteiger partial charge in [0.2, 0.25) is 0 Å². The van der Waals surface area contributed by atoms with Crippen molar-refractivity contribution in [2.75, 3.05) is 6.54 Å². The zero-order chi connectivity index (χ0) is 10.7. The average Bonchev–Trinajstić information content (AvgIpc) is 2.13. The number of nitrogens with one attached hydrogen (secondary N) is 1. The molecule has 0 radical (unpaired) electrons. The monoisotopic (exact) mass is 259 g/mol. The van der Waals surface area contributed by atoms with E-state index in [0.717, 1.165) is 0 Å². The Bertz CT molecular complexity index is 342. The molecule has 0 fully saturated rings. The molecule has 1 N–H and O–H groups in total. The van der Waals surface area contributed by atoms with Crippen LogP contribution in [0.15, 0.2) is 16.6 Å². The number of rotatable bonds is 2. The molecule has 0 aliphatic heterocycles. The van der Waals surface area contributed by atoms with Crippen LogP contribution in [0.3, 0.4) is 0 Å². The standard InChI is InChI=1S/C10H11BrFNO/c1-3-13-10(14)7-4-8(11)6(2)9(12)5-7/h4-5H,3H2,1-2H3,(H,13,14). The van der Waals surface area contributed by atoms with E-state index in [4.69, 9.17) is 0 Å². The zero-order valence-electron chi connectivity index (χ0n) is 8.03. The lowest BCUT2D eigenvalue weighted by Gasteiger charge is -2.05. The van der Waals surface area contributed by atoms with E-state index in [1.54, 1.807) is 13.0 Å². The van der Waals surface area contributed by atoms with Crippen LogP contribution in [-0.4, -0.2) is 12.5 Å². The van der Waals surface area contributed by atoms with Gasteiger partial charge in [0.25, 0.3) is 5.91 Å². The highest BCUT2D eigenvalue weighted by atomic mass is 79.9. The molecule has 14 heavy (non-hydrogen) atoms. The number of carbonyl (C=O) groups is 1. The molecule has 0 aromatic heterocycles. The SMILES string of the molecule is CCNC(=O)c1cc(F)c(C)c(Br)c1. The van der Waals surface area contributed by atoms with Gasteiger partial charge in [-0.15, -0.1) is 0 Å². The van der Waals surface area contributed by atoms with Crippen molar-refractivity contribution in [1.82, 2.24) is 5.32 Å². The summed E-state index contributed by atoms with van der Waals surface area (Å²) < 4.78 is 13.8. The van der Waals surface area contributed by atoms with Gasteiger partial charge in [0.1, 0.15) is 5.82 Å². The molecule has 0 saturated carbocycles. The first kappa shape index (κ1) is 11.2. The highest BCUT2D eigenvalue weighted by Crippen LogP contribution is 2.20. The van der Waals surface area contributed by atoms with Crippen LogP contribution in [-0.2, 0) is 0 Å². The molecule has 0 heterocycles. The number of hydrogen-bond acceptors (Lipinski definition) is 1. The Balaban J connectivity index is 3.06. The quantitative estimate of drug-likeness (QED) is 0.870. The Kier molecular flexibility index (Phi) is 3.63. The summed E-state index contributed by atoms with van der Waals surface area (Å²) in [5.74, 6) is -0.632. The number of hydrogen-bond donors (Lipinski definition) is 1. The minimum atomic E-state index is -0.374. The van der Waals surface area contributed by atoms with Crippen LogP contribution in [0.25, 0.3) is 0 Å². The van der Waals surface area contributed by atoms with Gasteiger partial charge in [-0.1, -0.05) is 15.9 Å². The molecule has 2 nitrogen and oxygen atoms in total. The first-order valence-electron chi connectivity index (χ1n) is 4.30. The van der Waals surface area contributed by atoms with Crippen molar-refractivity contribution >= 4 is 21.8 Å². The fraction of sp³-hybridized carbons (Fsp3) is 0.300. The summed E-state index contributed by atoms with van der Waals surface area (Å²) in [7, 11) is 0. The van der Waals surface area contributed by atoms with Gasteiger partial charge in [-0.3, -0.25) is 4.79 Å². The fourth-order valence-electron chi connectivity index (χ4n) is 1.04. The Morgan fingerprint density at radius 1 is 1.57 bits per heavy atom. The molecule has 1 amide bonds. The van der Waals surface area contributed by atoms with Crippen LogP contribution in [0, 0.1) is 12.7 Å². The van der Waals surface area contributed by atoms with Crippen LogP contribution < -0.4 is 5.32 Å². The molecule has 1 aromatic rings. The number of amides is 1. The van der Waals surface area contributed by atoms with Crippen molar-refractivity contribution < 1.29 is 9.18 Å². The third-order valence-electron chi connectivity index (χ3n) is 1.88. The maximum absolute atomic E-state index is 13.2. The molecular formula is C10H11BrFNO. The van der Waals surface area contributed by atoms with Gasteiger partial charge in [0.15, 0.2) is 0 Å². The third-order valence-corrected chi connectivity index (χ3v) is 2.70. The zero-order valence-corrected chi connectivity index (χ0v) is 9.61. The third kappa shape index (κ3) is 2.32. The van der Waals surface area contributed by atoms with E-state index in [2.05, 4.69) is 21.2 Å². The largest absolute Gasteiger partial charge is 0.352 e. The van der Waals surface area contributed by atoms with Gasteiger partial charge in [0.05, 0.1) is 0 Å². The molecule has 76 valence electrons. The summed E-state index contributed by atoms with van der Waals surface area (Å²) in [5, 5.41) is 2.61. The molecule has 0 spiro atoms. The van der Waals surface area contributed by atoms with Crippen LogP contribution in [0.5, 0.6) is 0 Å². The van der Waals surface area contributed by atoms with Crippen molar-refractivity contribution in [1.29, 1.82) is 0 Å². The van der Waals surface area contributed by atoms with Gasteiger partial charge in [0, 0.05) is 16.6 Å². The van der Waals surface area contributed by atoms with Gasteiger partial charge < -0.3 is 5.32 Å². The molecule has 0 aliphatic carbocycles. The van der Waals surface area contributed by atoms with Crippen LogP contribution in [0.2, 0.25) is 0 Å². The predicted octanol–water partition coefficient (Wildman–Crippen LogP) is 2.65. The topological polar surface area (TPSA) is 29.1 Å². The van der Waals surface area contributed by atoms with E-state index >= 15 is 0 Å². The van der Waals surface area contributed by atoms with Crippen molar-refractivity contribution in [2.24, 2.45) is 0 Å². The number of halogens is 2. The lowest BCUT2D eigenvalue weighted by atomic mass is 10.1. The van der Waals surface area contributed by atoms with Crippen LogP contribution in [0.1, 0.15) is 22.8 Å². The molecule has 0 aliphatic rings. The minimum Gasteiger partial charge on any atom is -0.352 e. The summed E-state index contributed by atoms with van der Waals surface area (Å²) in [6.45, 7) is 4.00. The smallest absolute Gasteiger partial charge is 0.251 e. The second kappa shape index (κ2) is 4.55. The second-order valence-electron chi connectivity index (χ2n) is 2.92. The molecule has 0 unspecified atom stereocenters. The molecule has 1 rings (SSSR count). The number of benzene rings is 1. The number of carbonyl (C=O) groups excluding carboxylic acids is 1. The van der Waals surface area contributed by atoms with E-state index in [1.807, 2.05) is 6.92 Å². The normalized spacial score (nSPS) is 10.0. The molecule has 0 bridgehead atoms. The molecular weight excluding hydrogens is 249 g/mol. The maximum atomic E-state index is 13.2. The van der Waals surface area contributed by atoms with Crippen LogP contribution in [0.4, 0.5) is 4.39 Å². The van der Waals surface area contributed by atoms with Crippen LogP contribution >= 0.6 is 15.9 Å².